The van der Waals surface area contributed by atoms with Crippen LogP contribution >= 0.6 is 0 Å². The summed E-state index contributed by atoms with van der Waals surface area (Å²) in [5.74, 6) is -0.112. The van der Waals surface area contributed by atoms with Gasteiger partial charge in [-0.25, -0.2) is 4.39 Å². The van der Waals surface area contributed by atoms with Gasteiger partial charge in [-0.3, -0.25) is 0 Å². The van der Waals surface area contributed by atoms with E-state index >= 15 is 0 Å². The molecule has 0 aliphatic carbocycles. The smallest absolute Gasteiger partial charge is 0.495 e. The largest absolute Gasteiger partial charge is 0.497 e. The Labute approximate surface area is 93.8 Å². The Morgan fingerprint density at radius 1 is 1.44 bits per heavy atom. The van der Waals surface area contributed by atoms with Gasteiger partial charge in [0.05, 0.1) is 7.11 Å². The van der Waals surface area contributed by atoms with E-state index in [9.17, 15) is 9.41 Å². The van der Waals surface area contributed by atoms with Gasteiger partial charge < -0.3 is 19.5 Å². The van der Waals surface area contributed by atoms with Crippen LogP contribution in [0.1, 0.15) is 6.42 Å². The molecule has 0 radical (unpaired) electrons. The highest BCUT2D eigenvalue weighted by atomic mass is 19.1. The zero-order valence-electron chi connectivity index (χ0n) is 9.02. The first kappa shape index (κ1) is 13.0. The molecule has 6 heteroatoms. The van der Waals surface area contributed by atoms with Gasteiger partial charge >= 0.3 is 7.12 Å². The molecule has 0 bridgehead atoms. The molecular weight excluding hydrogens is 214 g/mol. The fourth-order valence-electron chi connectivity index (χ4n) is 1.25. The van der Waals surface area contributed by atoms with Gasteiger partial charge in [-0.1, -0.05) is 0 Å². The molecule has 0 saturated carbocycles. The van der Waals surface area contributed by atoms with E-state index in [4.69, 9.17) is 14.5 Å². The molecule has 0 aliphatic heterocycles. The molecule has 16 heavy (non-hydrogen) atoms. The fraction of sp³-hybridized carbons (Fsp3) is 0.400. The Bertz CT molecular complexity index is 335. The third kappa shape index (κ3) is 3.48. The van der Waals surface area contributed by atoms with Crippen LogP contribution in [-0.2, 0) is 4.65 Å². The average molecular weight is 228 g/mol. The van der Waals surface area contributed by atoms with Gasteiger partial charge in [0, 0.05) is 18.7 Å². The lowest BCUT2D eigenvalue weighted by Crippen LogP contribution is -2.35. The molecule has 0 aliphatic rings. The number of methoxy groups -OCH3 is 1. The highest BCUT2D eigenvalue weighted by Gasteiger charge is 2.21. The second kappa shape index (κ2) is 6.47. The first-order chi connectivity index (χ1) is 7.69. The number of aliphatic hydroxyl groups excluding tert-OH is 1. The van der Waals surface area contributed by atoms with Gasteiger partial charge in [-0.15, -0.1) is 0 Å². The van der Waals surface area contributed by atoms with Gasteiger partial charge in [-0.05, 0) is 24.6 Å². The van der Waals surface area contributed by atoms with Crippen LogP contribution in [0.2, 0.25) is 0 Å². The van der Waals surface area contributed by atoms with Crippen molar-refractivity contribution >= 4 is 12.6 Å². The zero-order valence-corrected chi connectivity index (χ0v) is 9.02. The minimum absolute atomic E-state index is 0.0208. The monoisotopic (exact) mass is 228 g/mol. The predicted molar refractivity (Wildman–Crippen MR) is 58.2 cm³/mol. The molecule has 0 spiro atoms. The van der Waals surface area contributed by atoms with E-state index in [1.54, 1.807) is 0 Å². The Kier molecular flexibility index (Phi) is 5.24. The van der Waals surface area contributed by atoms with Gasteiger partial charge in [0.15, 0.2) is 0 Å². The lowest BCUT2D eigenvalue weighted by atomic mass is 9.78. The lowest BCUT2D eigenvalue weighted by molar-refractivity contribution is 0.215. The first-order valence-corrected chi connectivity index (χ1v) is 4.93. The summed E-state index contributed by atoms with van der Waals surface area (Å²) in [5.41, 5.74) is 0.237. The third-order valence-electron chi connectivity index (χ3n) is 2.04. The summed E-state index contributed by atoms with van der Waals surface area (Å²) in [6, 6.07) is 3.81. The molecule has 88 valence electrons. The van der Waals surface area contributed by atoms with E-state index in [2.05, 4.69) is 0 Å². The minimum Gasteiger partial charge on any atom is -0.497 e. The highest BCUT2D eigenvalue weighted by Crippen LogP contribution is 2.09. The molecule has 4 nitrogen and oxygen atoms in total. The topological polar surface area (TPSA) is 58.9 Å². The Balaban J connectivity index is 2.72. The predicted octanol–water partition coefficient (Wildman–Crippen LogP) is -0.0792. The van der Waals surface area contributed by atoms with Crippen LogP contribution in [-0.4, -0.2) is 37.6 Å². The van der Waals surface area contributed by atoms with Crippen molar-refractivity contribution in [2.75, 3.05) is 20.3 Å². The first-order valence-electron chi connectivity index (χ1n) is 4.93. The third-order valence-corrected chi connectivity index (χ3v) is 2.04. The number of ether oxygens (including phenoxy) is 1. The number of halogens is 1. The van der Waals surface area contributed by atoms with E-state index in [0.29, 0.717) is 12.2 Å². The number of rotatable bonds is 6. The number of aliphatic hydroxyl groups is 1. The molecular formula is C10H14BFO4. The van der Waals surface area contributed by atoms with Gasteiger partial charge in [0.1, 0.15) is 11.6 Å². The van der Waals surface area contributed by atoms with Crippen molar-refractivity contribution in [3.63, 3.8) is 0 Å². The van der Waals surface area contributed by atoms with E-state index in [-0.39, 0.29) is 18.7 Å². The van der Waals surface area contributed by atoms with Crippen LogP contribution in [0.25, 0.3) is 0 Å². The number of benzene rings is 1. The summed E-state index contributed by atoms with van der Waals surface area (Å²) in [4.78, 5) is 0. The van der Waals surface area contributed by atoms with Crippen molar-refractivity contribution in [3.8, 4) is 5.75 Å². The van der Waals surface area contributed by atoms with Crippen LogP contribution in [0.4, 0.5) is 4.39 Å². The van der Waals surface area contributed by atoms with Crippen LogP contribution < -0.4 is 10.2 Å². The molecule has 1 rings (SSSR count). The Hall–Kier alpha value is -1.11. The zero-order chi connectivity index (χ0) is 12.0. The maximum absolute atomic E-state index is 13.0. The van der Waals surface area contributed by atoms with E-state index in [1.807, 2.05) is 0 Å². The van der Waals surface area contributed by atoms with Crippen molar-refractivity contribution in [2.24, 2.45) is 0 Å². The van der Waals surface area contributed by atoms with Gasteiger partial charge in [0.2, 0.25) is 0 Å². The quantitative estimate of drug-likeness (QED) is 0.528. The number of hydrogen-bond donors (Lipinski definition) is 2. The van der Waals surface area contributed by atoms with E-state index < -0.39 is 12.9 Å². The molecule has 0 atom stereocenters. The van der Waals surface area contributed by atoms with Crippen molar-refractivity contribution in [2.45, 2.75) is 6.42 Å². The summed E-state index contributed by atoms with van der Waals surface area (Å²) in [7, 11) is 0.175. The summed E-state index contributed by atoms with van der Waals surface area (Å²) in [5, 5.41) is 18.2. The summed E-state index contributed by atoms with van der Waals surface area (Å²) >= 11 is 0. The van der Waals surface area contributed by atoms with Gasteiger partial charge in [0.25, 0.3) is 0 Å². The average Bonchev–Trinajstić information content (AvgIpc) is 2.29. The molecule has 2 N–H and O–H groups in total. The Morgan fingerprint density at radius 3 is 2.81 bits per heavy atom. The molecule has 0 aromatic heterocycles. The highest BCUT2D eigenvalue weighted by molar-refractivity contribution is 6.61. The van der Waals surface area contributed by atoms with Crippen molar-refractivity contribution in [3.05, 3.63) is 24.0 Å². The van der Waals surface area contributed by atoms with Crippen LogP contribution in [0.3, 0.4) is 0 Å². The van der Waals surface area contributed by atoms with Crippen LogP contribution in [0, 0.1) is 5.82 Å². The van der Waals surface area contributed by atoms with Crippen molar-refractivity contribution in [1.82, 2.24) is 0 Å². The van der Waals surface area contributed by atoms with Crippen molar-refractivity contribution < 1.29 is 23.9 Å². The summed E-state index contributed by atoms with van der Waals surface area (Å²) < 4.78 is 23.0. The minimum atomic E-state index is -1.25. The van der Waals surface area contributed by atoms with E-state index in [1.165, 1.54) is 19.2 Å². The standard InChI is InChI=1S/C10H14BFO4/c1-15-10-4-3-8(12)7-9(10)11(14)16-6-2-5-13/h3-4,7,13-14H,2,5-6H2,1H3. The van der Waals surface area contributed by atoms with E-state index in [0.717, 1.165) is 6.07 Å². The molecule has 0 amide bonds. The summed E-state index contributed by atoms with van der Waals surface area (Å²) in [6.07, 6.45) is 0.411. The van der Waals surface area contributed by atoms with Gasteiger partial charge in [-0.2, -0.15) is 0 Å². The maximum atomic E-state index is 13.0. The second-order valence-corrected chi connectivity index (χ2v) is 3.19. The Morgan fingerprint density at radius 2 is 2.19 bits per heavy atom. The second-order valence-electron chi connectivity index (χ2n) is 3.19. The molecule has 0 saturated heterocycles. The molecule has 0 unspecified atom stereocenters. The van der Waals surface area contributed by atoms with Crippen molar-refractivity contribution in [1.29, 1.82) is 0 Å². The molecule has 0 fully saturated rings. The SMILES string of the molecule is COc1ccc(F)cc1B(O)OCCCO. The normalized spacial score (nSPS) is 10.2. The summed E-state index contributed by atoms with van der Waals surface area (Å²) in [6.45, 7) is 0.171. The van der Waals surface area contributed by atoms with Crippen LogP contribution in [0.15, 0.2) is 18.2 Å². The lowest BCUT2D eigenvalue weighted by Gasteiger charge is -2.11. The molecule has 1 aromatic rings. The van der Waals surface area contributed by atoms with Crippen LogP contribution in [0.5, 0.6) is 5.75 Å². The number of hydrogen-bond acceptors (Lipinski definition) is 4. The fourth-order valence-corrected chi connectivity index (χ4v) is 1.25. The molecule has 0 heterocycles. The maximum Gasteiger partial charge on any atom is 0.495 e. The molecule has 1 aromatic carbocycles.